The van der Waals surface area contributed by atoms with Crippen LogP contribution in [0.1, 0.15) is 27.3 Å². The van der Waals surface area contributed by atoms with Crippen LogP contribution in [0.3, 0.4) is 0 Å². The van der Waals surface area contributed by atoms with Crippen LogP contribution < -0.4 is 24.3 Å². The zero-order chi connectivity index (χ0) is 26.4. The molecule has 0 unspecified atom stereocenters. The minimum Gasteiger partial charge on any atom is -0.493 e. The summed E-state index contributed by atoms with van der Waals surface area (Å²) in [6, 6.07) is 17.4. The number of fused-ring (bicyclic) bond motifs is 1. The van der Waals surface area contributed by atoms with Gasteiger partial charge in [-0.1, -0.05) is 18.2 Å². The van der Waals surface area contributed by atoms with E-state index in [0.29, 0.717) is 48.9 Å². The van der Waals surface area contributed by atoms with Crippen LogP contribution in [0.2, 0.25) is 0 Å². The number of methoxy groups -OCH3 is 3. The molecule has 0 aliphatic carbocycles. The SMILES string of the molecule is COc1cc(C(=O)NCCc2nc3ccccc3n2CCOc2ccc(C)c(C)c2)cc(OC)c1OC. The molecule has 0 radical (unpaired) electrons. The molecule has 3 aromatic carbocycles. The first-order valence-electron chi connectivity index (χ1n) is 12.2. The van der Waals surface area contributed by atoms with E-state index in [2.05, 4.69) is 41.9 Å². The molecule has 194 valence electrons. The van der Waals surface area contributed by atoms with Gasteiger partial charge < -0.3 is 28.8 Å². The number of aryl methyl sites for hydroxylation is 2. The molecule has 0 spiro atoms. The van der Waals surface area contributed by atoms with E-state index in [1.54, 1.807) is 12.1 Å². The average Bonchev–Trinajstić information content (AvgIpc) is 3.26. The third kappa shape index (κ3) is 5.80. The summed E-state index contributed by atoms with van der Waals surface area (Å²) in [5.41, 5.74) is 4.82. The summed E-state index contributed by atoms with van der Waals surface area (Å²) in [5.74, 6) is 2.80. The molecule has 0 saturated heterocycles. The van der Waals surface area contributed by atoms with Crippen molar-refractivity contribution in [1.29, 1.82) is 0 Å². The van der Waals surface area contributed by atoms with E-state index in [1.165, 1.54) is 32.5 Å². The molecule has 1 amide bonds. The Morgan fingerprint density at radius 2 is 1.65 bits per heavy atom. The van der Waals surface area contributed by atoms with Gasteiger partial charge >= 0.3 is 0 Å². The summed E-state index contributed by atoms with van der Waals surface area (Å²) in [6.07, 6.45) is 0.564. The fourth-order valence-electron chi connectivity index (χ4n) is 4.23. The van der Waals surface area contributed by atoms with Crippen molar-refractivity contribution in [2.24, 2.45) is 0 Å². The maximum atomic E-state index is 12.9. The van der Waals surface area contributed by atoms with E-state index in [-0.39, 0.29) is 5.91 Å². The predicted molar refractivity (Wildman–Crippen MR) is 143 cm³/mol. The Morgan fingerprint density at radius 1 is 0.919 bits per heavy atom. The quantitative estimate of drug-likeness (QED) is 0.319. The summed E-state index contributed by atoms with van der Waals surface area (Å²) in [5, 5.41) is 2.98. The maximum absolute atomic E-state index is 12.9. The average molecular weight is 504 g/mol. The van der Waals surface area contributed by atoms with Crippen molar-refractivity contribution < 1.29 is 23.7 Å². The van der Waals surface area contributed by atoms with Crippen molar-refractivity contribution in [2.45, 2.75) is 26.8 Å². The molecular weight excluding hydrogens is 470 g/mol. The molecule has 0 atom stereocenters. The number of hydrogen-bond acceptors (Lipinski definition) is 6. The fourth-order valence-corrected chi connectivity index (χ4v) is 4.23. The lowest BCUT2D eigenvalue weighted by Crippen LogP contribution is -2.27. The minimum absolute atomic E-state index is 0.236. The number of benzene rings is 3. The summed E-state index contributed by atoms with van der Waals surface area (Å²) in [6.45, 7) is 5.73. The van der Waals surface area contributed by atoms with Crippen molar-refractivity contribution in [3.63, 3.8) is 0 Å². The Hall–Kier alpha value is -4.20. The highest BCUT2D eigenvalue weighted by molar-refractivity contribution is 5.95. The van der Waals surface area contributed by atoms with Crippen LogP contribution in [0.4, 0.5) is 0 Å². The highest BCUT2D eigenvalue weighted by atomic mass is 16.5. The Balaban J connectivity index is 1.44. The van der Waals surface area contributed by atoms with Crippen LogP contribution in [-0.2, 0) is 13.0 Å². The first-order valence-corrected chi connectivity index (χ1v) is 12.2. The van der Waals surface area contributed by atoms with Crippen LogP contribution in [0, 0.1) is 13.8 Å². The van der Waals surface area contributed by atoms with Gasteiger partial charge in [0.05, 0.1) is 38.9 Å². The van der Waals surface area contributed by atoms with Gasteiger partial charge in [-0.2, -0.15) is 0 Å². The number of ether oxygens (including phenoxy) is 4. The third-order valence-corrected chi connectivity index (χ3v) is 6.36. The number of carbonyl (C=O) groups excluding carboxylic acids is 1. The summed E-state index contributed by atoms with van der Waals surface area (Å²) < 4.78 is 24.3. The normalized spacial score (nSPS) is 10.8. The Bertz CT molecular complexity index is 1370. The molecule has 1 N–H and O–H groups in total. The summed E-state index contributed by atoms with van der Waals surface area (Å²) in [4.78, 5) is 17.7. The monoisotopic (exact) mass is 503 g/mol. The van der Waals surface area contributed by atoms with E-state index >= 15 is 0 Å². The lowest BCUT2D eigenvalue weighted by atomic mass is 10.1. The molecule has 37 heavy (non-hydrogen) atoms. The number of amides is 1. The highest BCUT2D eigenvalue weighted by Gasteiger charge is 2.17. The molecule has 0 aliphatic rings. The zero-order valence-corrected chi connectivity index (χ0v) is 22.0. The minimum atomic E-state index is -0.236. The van der Waals surface area contributed by atoms with Crippen LogP contribution >= 0.6 is 0 Å². The number of rotatable bonds is 11. The second kappa shape index (κ2) is 11.7. The molecular formula is C29H33N3O5. The number of imidazole rings is 1. The van der Waals surface area contributed by atoms with E-state index in [0.717, 1.165) is 22.6 Å². The molecule has 1 heterocycles. The Kier molecular flexibility index (Phi) is 8.18. The molecule has 0 bridgehead atoms. The molecule has 4 rings (SSSR count). The lowest BCUT2D eigenvalue weighted by Gasteiger charge is -2.14. The topological polar surface area (TPSA) is 83.8 Å². The molecule has 0 saturated carbocycles. The van der Waals surface area contributed by atoms with Gasteiger partial charge in [-0.3, -0.25) is 4.79 Å². The summed E-state index contributed by atoms with van der Waals surface area (Å²) >= 11 is 0. The first kappa shape index (κ1) is 25.9. The van der Waals surface area contributed by atoms with Crippen molar-refractivity contribution in [2.75, 3.05) is 34.5 Å². The molecule has 8 nitrogen and oxygen atoms in total. The molecule has 0 aliphatic heterocycles. The van der Waals surface area contributed by atoms with Gasteiger partial charge in [0.25, 0.3) is 5.91 Å². The van der Waals surface area contributed by atoms with Gasteiger partial charge in [-0.05, 0) is 61.4 Å². The molecule has 8 heteroatoms. The Morgan fingerprint density at radius 3 is 2.32 bits per heavy atom. The maximum Gasteiger partial charge on any atom is 0.251 e. The number of carbonyl (C=O) groups is 1. The van der Waals surface area contributed by atoms with E-state index in [1.807, 2.05) is 24.3 Å². The van der Waals surface area contributed by atoms with Gasteiger partial charge in [-0.25, -0.2) is 4.98 Å². The molecule has 4 aromatic rings. The highest BCUT2D eigenvalue weighted by Crippen LogP contribution is 2.38. The van der Waals surface area contributed by atoms with Crippen LogP contribution in [0.15, 0.2) is 54.6 Å². The second-order valence-electron chi connectivity index (χ2n) is 8.68. The van der Waals surface area contributed by atoms with Gasteiger partial charge in [0.1, 0.15) is 18.2 Å². The van der Waals surface area contributed by atoms with E-state index < -0.39 is 0 Å². The van der Waals surface area contributed by atoms with Crippen molar-refractivity contribution in [3.05, 3.63) is 77.1 Å². The largest absolute Gasteiger partial charge is 0.493 e. The number of nitrogens with zero attached hydrogens (tertiary/aromatic N) is 2. The van der Waals surface area contributed by atoms with Gasteiger partial charge in [0.2, 0.25) is 5.75 Å². The van der Waals surface area contributed by atoms with Crippen molar-refractivity contribution >= 4 is 16.9 Å². The van der Waals surface area contributed by atoms with Crippen LogP contribution in [0.5, 0.6) is 23.0 Å². The Labute approximate surface area is 217 Å². The van der Waals surface area contributed by atoms with Gasteiger partial charge in [0, 0.05) is 18.5 Å². The van der Waals surface area contributed by atoms with Gasteiger partial charge in [0.15, 0.2) is 11.5 Å². The lowest BCUT2D eigenvalue weighted by molar-refractivity contribution is 0.0953. The number of nitrogens with one attached hydrogen (secondary N) is 1. The van der Waals surface area contributed by atoms with Crippen LogP contribution in [-0.4, -0.2) is 49.9 Å². The smallest absolute Gasteiger partial charge is 0.251 e. The third-order valence-electron chi connectivity index (χ3n) is 6.36. The van der Waals surface area contributed by atoms with E-state index in [4.69, 9.17) is 23.9 Å². The zero-order valence-electron chi connectivity index (χ0n) is 22.0. The number of aromatic nitrogens is 2. The fraction of sp³-hybridized carbons (Fsp3) is 0.310. The van der Waals surface area contributed by atoms with Crippen molar-refractivity contribution in [1.82, 2.24) is 14.9 Å². The number of para-hydroxylation sites is 2. The summed E-state index contributed by atoms with van der Waals surface area (Å²) in [7, 11) is 4.57. The van der Waals surface area contributed by atoms with Gasteiger partial charge in [-0.15, -0.1) is 0 Å². The molecule has 1 aromatic heterocycles. The standard InChI is InChI=1S/C29H33N3O5/c1-19-10-11-22(16-20(19)2)37-15-14-32-24-9-7-6-8-23(24)31-27(32)12-13-30-29(33)21-17-25(34-3)28(36-5)26(18-21)35-4/h6-11,16-18H,12-15H2,1-5H3,(H,30,33). The second-order valence-corrected chi connectivity index (χ2v) is 8.68. The molecule has 0 fully saturated rings. The number of hydrogen-bond donors (Lipinski definition) is 1. The van der Waals surface area contributed by atoms with Crippen LogP contribution in [0.25, 0.3) is 11.0 Å². The van der Waals surface area contributed by atoms with E-state index in [9.17, 15) is 4.79 Å². The predicted octanol–water partition coefficient (Wildman–Crippen LogP) is 4.73. The first-order chi connectivity index (χ1) is 17.9. The van der Waals surface area contributed by atoms with Crippen molar-refractivity contribution in [3.8, 4) is 23.0 Å².